The average molecular weight is 390 g/mol. The molecule has 3 rings (SSSR count). The van der Waals surface area contributed by atoms with Crippen molar-refractivity contribution in [2.45, 2.75) is 57.7 Å². The van der Waals surface area contributed by atoms with Crippen molar-refractivity contribution >= 4 is 5.96 Å². The smallest absolute Gasteiger partial charge is 0.193 e. The van der Waals surface area contributed by atoms with Gasteiger partial charge in [-0.1, -0.05) is 12.1 Å². The Labute approximate surface area is 168 Å². The molecular formula is C22H35N3O3. The summed E-state index contributed by atoms with van der Waals surface area (Å²) in [4.78, 5) is 7.18. The van der Waals surface area contributed by atoms with Crippen LogP contribution in [0.2, 0.25) is 0 Å². The molecule has 2 N–H and O–H groups in total. The molecule has 0 spiro atoms. The van der Waals surface area contributed by atoms with Gasteiger partial charge in [-0.05, 0) is 63.1 Å². The normalized spacial score (nSPS) is 21.2. The molecule has 0 aromatic heterocycles. The Kier molecular flexibility index (Phi) is 8.42. The zero-order valence-corrected chi connectivity index (χ0v) is 17.1. The predicted molar refractivity (Wildman–Crippen MR) is 112 cm³/mol. The van der Waals surface area contributed by atoms with E-state index in [-0.39, 0.29) is 0 Å². The van der Waals surface area contributed by atoms with Crippen molar-refractivity contribution in [3.8, 4) is 5.75 Å². The second-order valence-corrected chi connectivity index (χ2v) is 7.66. The summed E-state index contributed by atoms with van der Waals surface area (Å²) in [5.74, 6) is 1.34. The second-order valence-electron chi connectivity index (χ2n) is 7.66. The zero-order chi connectivity index (χ0) is 19.6. The fourth-order valence-electron chi connectivity index (χ4n) is 3.81. The van der Waals surface area contributed by atoms with Gasteiger partial charge in [-0.2, -0.15) is 0 Å². The Morgan fingerprint density at radius 2 is 2.04 bits per heavy atom. The molecule has 0 radical (unpaired) electrons. The number of nitrogens with one attached hydrogen (secondary N) is 1. The summed E-state index contributed by atoms with van der Waals surface area (Å²) in [6, 6.07) is 7.44. The number of hydrogen-bond acceptors (Lipinski definition) is 4. The molecule has 0 amide bonds. The second kappa shape index (κ2) is 11.3. The molecule has 6 nitrogen and oxygen atoms in total. The Hall–Kier alpha value is -1.79. The fraction of sp³-hybridized carbons (Fsp3) is 0.682. The van der Waals surface area contributed by atoms with Crippen molar-refractivity contribution in [1.82, 2.24) is 10.2 Å². The summed E-state index contributed by atoms with van der Waals surface area (Å²) < 4.78 is 11.7. The number of rotatable bonds is 8. The third kappa shape index (κ3) is 6.67. The van der Waals surface area contributed by atoms with Crippen LogP contribution in [0.5, 0.6) is 5.75 Å². The van der Waals surface area contributed by atoms with Crippen LogP contribution in [-0.2, 0) is 15.9 Å². The Morgan fingerprint density at radius 3 is 2.71 bits per heavy atom. The molecule has 0 bridgehead atoms. The SMILES string of the molecule is CCNC(=NCCCc1ccc(O)cc1)N1CCC(OCC2CCCO2)CC1. The van der Waals surface area contributed by atoms with Gasteiger partial charge in [0.15, 0.2) is 5.96 Å². The first kappa shape index (κ1) is 20.9. The Bertz CT molecular complexity index is 592. The van der Waals surface area contributed by atoms with Gasteiger partial charge in [0, 0.05) is 32.8 Å². The number of aryl methyl sites for hydroxylation is 1. The van der Waals surface area contributed by atoms with Crippen LogP contribution in [0, 0.1) is 0 Å². The van der Waals surface area contributed by atoms with Gasteiger partial charge in [-0.3, -0.25) is 4.99 Å². The molecule has 28 heavy (non-hydrogen) atoms. The van der Waals surface area contributed by atoms with Crippen LogP contribution in [0.1, 0.15) is 44.6 Å². The lowest BCUT2D eigenvalue weighted by atomic mass is 10.1. The summed E-state index contributed by atoms with van der Waals surface area (Å²) >= 11 is 0. The van der Waals surface area contributed by atoms with Crippen LogP contribution in [0.15, 0.2) is 29.3 Å². The van der Waals surface area contributed by atoms with Gasteiger partial charge in [0.05, 0.1) is 18.8 Å². The molecule has 2 aliphatic rings. The molecule has 0 saturated carbocycles. The van der Waals surface area contributed by atoms with Crippen LogP contribution >= 0.6 is 0 Å². The van der Waals surface area contributed by atoms with Crippen LogP contribution < -0.4 is 5.32 Å². The van der Waals surface area contributed by atoms with Crippen LogP contribution in [0.4, 0.5) is 0 Å². The molecule has 0 aliphatic carbocycles. The number of benzene rings is 1. The number of aliphatic imine (C=N–C) groups is 1. The lowest BCUT2D eigenvalue weighted by molar-refractivity contribution is -0.0367. The van der Waals surface area contributed by atoms with Crippen molar-refractivity contribution in [2.24, 2.45) is 4.99 Å². The third-order valence-electron chi connectivity index (χ3n) is 5.44. The van der Waals surface area contributed by atoms with Gasteiger partial charge in [0.25, 0.3) is 0 Å². The summed E-state index contributed by atoms with van der Waals surface area (Å²) in [5.41, 5.74) is 1.24. The van der Waals surface area contributed by atoms with E-state index in [1.54, 1.807) is 12.1 Å². The quantitative estimate of drug-likeness (QED) is 0.407. The maximum absolute atomic E-state index is 9.36. The zero-order valence-electron chi connectivity index (χ0n) is 17.1. The van der Waals surface area contributed by atoms with Crippen molar-refractivity contribution in [1.29, 1.82) is 0 Å². The van der Waals surface area contributed by atoms with E-state index in [2.05, 4.69) is 17.1 Å². The summed E-state index contributed by atoms with van der Waals surface area (Å²) in [7, 11) is 0. The lowest BCUT2D eigenvalue weighted by Gasteiger charge is -2.34. The minimum Gasteiger partial charge on any atom is -0.508 e. The molecule has 2 saturated heterocycles. The van der Waals surface area contributed by atoms with Gasteiger partial charge in [0.2, 0.25) is 0 Å². The standard InChI is InChI=1S/C22H35N3O3/c1-2-23-22(24-13-3-5-18-7-9-19(26)10-8-18)25-14-11-20(12-15-25)28-17-21-6-4-16-27-21/h7-10,20-21,26H,2-6,11-17H2,1H3,(H,23,24). The Balaban J connectivity index is 1.39. The lowest BCUT2D eigenvalue weighted by Crippen LogP contribution is -2.47. The molecule has 1 unspecified atom stereocenters. The van der Waals surface area contributed by atoms with E-state index >= 15 is 0 Å². The van der Waals surface area contributed by atoms with Gasteiger partial charge in [-0.15, -0.1) is 0 Å². The summed E-state index contributed by atoms with van der Waals surface area (Å²) in [6.07, 6.45) is 7.03. The topological polar surface area (TPSA) is 66.3 Å². The molecule has 1 aromatic rings. The highest BCUT2D eigenvalue weighted by Gasteiger charge is 2.24. The van der Waals surface area contributed by atoms with E-state index in [4.69, 9.17) is 14.5 Å². The number of likely N-dealkylation sites (tertiary alicyclic amines) is 1. The molecule has 1 atom stereocenters. The van der Waals surface area contributed by atoms with Crippen molar-refractivity contribution in [2.75, 3.05) is 39.4 Å². The first-order chi connectivity index (χ1) is 13.7. The van der Waals surface area contributed by atoms with Gasteiger partial charge in [0.1, 0.15) is 5.75 Å². The van der Waals surface area contributed by atoms with E-state index in [1.807, 2.05) is 12.1 Å². The minimum atomic E-state index is 0.311. The van der Waals surface area contributed by atoms with Gasteiger partial charge in [-0.25, -0.2) is 0 Å². The minimum absolute atomic E-state index is 0.311. The van der Waals surface area contributed by atoms with E-state index in [0.717, 1.165) is 77.5 Å². The Morgan fingerprint density at radius 1 is 1.25 bits per heavy atom. The monoisotopic (exact) mass is 389 g/mol. The molecule has 2 heterocycles. The molecule has 1 aromatic carbocycles. The molecular weight excluding hydrogens is 354 g/mol. The average Bonchev–Trinajstić information content (AvgIpc) is 3.24. The maximum Gasteiger partial charge on any atom is 0.193 e. The molecule has 2 fully saturated rings. The number of phenolic OH excluding ortho intramolecular Hbond substituents is 1. The van der Waals surface area contributed by atoms with Crippen LogP contribution in [0.3, 0.4) is 0 Å². The highest BCUT2D eigenvalue weighted by Crippen LogP contribution is 2.18. The number of aromatic hydroxyl groups is 1. The van der Waals surface area contributed by atoms with E-state index in [1.165, 1.54) is 12.0 Å². The van der Waals surface area contributed by atoms with Gasteiger partial charge < -0.3 is 24.8 Å². The first-order valence-corrected chi connectivity index (χ1v) is 10.8. The fourth-order valence-corrected chi connectivity index (χ4v) is 3.81. The van der Waals surface area contributed by atoms with Crippen molar-refractivity contribution in [3.63, 3.8) is 0 Å². The number of nitrogens with zero attached hydrogens (tertiary/aromatic N) is 2. The van der Waals surface area contributed by atoms with E-state index < -0.39 is 0 Å². The summed E-state index contributed by atoms with van der Waals surface area (Å²) in [6.45, 7) is 7.41. The largest absolute Gasteiger partial charge is 0.508 e. The molecule has 156 valence electrons. The van der Waals surface area contributed by atoms with Crippen molar-refractivity contribution in [3.05, 3.63) is 29.8 Å². The van der Waals surface area contributed by atoms with Gasteiger partial charge >= 0.3 is 0 Å². The molecule has 2 aliphatic heterocycles. The third-order valence-corrected chi connectivity index (χ3v) is 5.44. The number of ether oxygens (including phenoxy) is 2. The summed E-state index contributed by atoms with van der Waals surface area (Å²) in [5, 5.41) is 12.8. The number of hydrogen-bond donors (Lipinski definition) is 2. The van der Waals surface area contributed by atoms with Crippen molar-refractivity contribution < 1.29 is 14.6 Å². The number of piperidine rings is 1. The number of phenols is 1. The highest BCUT2D eigenvalue weighted by molar-refractivity contribution is 5.80. The maximum atomic E-state index is 9.36. The predicted octanol–water partition coefficient (Wildman–Crippen LogP) is 2.95. The number of guanidine groups is 1. The van der Waals surface area contributed by atoms with E-state index in [0.29, 0.717) is 18.0 Å². The van der Waals surface area contributed by atoms with E-state index in [9.17, 15) is 5.11 Å². The van der Waals surface area contributed by atoms with Crippen LogP contribution in [0.25, 0.3) is 0 Å². The van der Waals surface area contributed by atoms with Crippen LogP contribution in [-0.4, -0.2) is 67.6 Å². The first-order valence-electron chi connectivity index (χ1n) is 10.8. The molecule has 6 heteroatoms. The highest BCUT2D eigenvalue weighted by atomic mass is 16.5.